The molecule has 0 aromatic heterocycles. The predicted molar refractivity (Wildman–Crippen MR) is 235 cm³/mol. The molecule has 1 saturated carbocycles. The lowest BCUT2D eigenvalue weighted by Gasteiger charge is -2.26. The highest BCUT2D eigenvalue weighted by Gasteiger charge is 2.25. The minimum Gasteiger partial charge on any atom is -0.457 e. The number of aliphatic imine (C=N–C) groups is 6. The first kappa shape index (κ1) is 44.2. The van der Waals surface area contributed by atoms with Gasteiger partial charge >= 0.3 is 0 Å². The fraction of sp³-hybridized carbons (Fsp3) is 0.561. The molecule has 0 saturated heterocycles. The number of hydrogen-bond acceptors (Lipinski definition) is 8. The molecule has 2 aromatic rings. The second kappa shape index (κ2) is 22.9. The molecule has 2 aliphatic rings. The largest absolute Gasteiger partial charge is 0.457 e. The summed E-state index contributed by atoms with van der Waals surface area (Å²) in [5.74, 6) is 2.33. The Kier molecular flexibility index (Phi) is 17.7. The first-order valence-electron chi connectivity index (χ1n) is 20.2. The molecule has 0 spiro atoms. The predicted octanol–water partition coefficient (Wildman–Crippen LogP) is 3.26. The Morgan fingerprint density at radius 2 is 0.895 bits per heavy atom. The number of ether oxygens (including phenoxy) is 2. The van der Waals surface area contributed by atoms with Crippen molar-refractivity contribution in [2.75, 3.05) is 33.0 Å². The van der Waals surface area contributed by atoms with E-state index in [4.69, 9.17) is 65.3 Å². The fourth-order valence-corrected chi connectivity index (χ4v) is 7.80. The summed E-state index contributed by atoms with van der Waals surface area (Å²) in [6.45, 7) is 6.39. The molecule has 57 heavy (non-hydrogen) atoms. The van der Waals surface area contributed by atoms with Crippen molar-refractivity contribution in [2.45, 2.75) is 115 Å². The van der Waals surface area contributed by atoms with Crippen molar-refractivity contribution in [1.29, 1.82) is 0 Å². The van der Waals surface area contributed by atoms with Gasteiger partial charge in [-0.25, -0.2) is 0 Å². The lowest BCUT2D eigenvalue weighted by atomic mass is 9.87. The van der Waals surface area contributed by atoms with Crippen molar-refractivity contribution in [3.8, 4) is 11.5 Å². The van der Waals surface area contributed by atoms with Crippen molar-refractivity contribution >= 4 is 36.3 Å². The molecule has 312 valence electrons. The van der Waals surface area contributed by atoms with E-state index in [1.54, 1.807) is 0 Å². The Labute approximate surface area is 337 Å². The van der Waals surface area contributed by atoms with Gasteiger partial charge in [-0.2, -0.15) is 0 Å². The second-order valence-corrected chi connectivity index (χ2v) is 15.1. The molecule has 16 N–H and O–H groups in total. The Hall–Kier alpha value is -5.54. The van der Waals surface area contributed by atoms with Gasteiger partial charge < -0.3 is 55.3 Å². The first-order valence-corrected chi connectivity index (χ1v) is 20.2. The summed E-state index contributed by atoms with van der Waals surface area (Å²) in [4.78, 5) is 27.2. The highest BCUT2D eigenvalue weighted by Crippen LogP contribution is 2.36. The zero-order chi connectivity index (χ0) is 41.2. The molecule has 1 heterocycles. The van der Waals surface area contributed by atoms with Crippen molar-refractivity contribution in [3.63, 3.8) is 0 Å². The molecule has 2 aromatic carbocycles. The van der Waals surface area contributed by atoms with Crippen LogP contribution in [0.5, 0.6) is 11.5 Å². The minimum atomic E-state index is 0.00975. The van der Waals surface area contributed by atoms with E-state index in [0.717, 1.165) is 111 Å². The average molecular weight is 787 g/mol. The van der Waals surface area contributed by atoms with Crippen LogP contribution in [0.2, 0.25) is 0 Å². The second-order valence-electron chi connectivity index (χ2n) is 15.1. The average Bonchev–Trinajstić information content (AvgIpc) is 3.17. The smallest absolute Gasteiger partial charge is 0.230 e. The number of hydrogen-bond donors (Lipinski definition) is 8. The number of guanidine groups is 4. The number of fused-ring (bicyclic) bond motifs is 3. The summed E-state index contributed by atoms with van der Waals surface area (Å²) >= 11 is 0. The number of benzene rings is 2. The molecule has 2 atom stereocenters. The Morgan fingerprint density at radius 1 is 0.561 bits per heavy atom. The van der Waals surface area contributed by atoms with Crippen LogP contribution in [-0.2, 0) is 0 Å². The minimum absolute atomic E-state index is 0.00975. The number of nitrogens with zero attached hydrogens (tertiary/aromatic N) is 6. The third kappa shape index (κ3) is 14.8. The molecule has 0 amide bonds. The van der Waals surface area contributed by atoms with Gasteiger partial charge in [0, 0.05) is 49.7 Å². The van der Waals surface area contributed by atoms with Gasteiger partial charge in [-0.15, -0.1) is 0 Å². The molecule has 1 fully saturated rings. The lowest BCUT2D eigenvalue weighted by molar-refractivity contribution is 0.118. The van der Waals surface area contributed by atoms with Gasteiger partial charge in [0.2, 0.25) is 6.79 Å². The van der Waals surface area contributed by atoms with E-state index < -0.39 is 0 Å². The van der Waals surface area contributed by atoms with E-state index in [2.05, 4.69) is 58.1 Å². The highest BCUT2D eigenvalue weighted by atomic mass is 16.7. The molecule has 1 aliphatic carbocycles. The third-order valence-corrected chi connectivity index (χ3v) is 10.5. The van der Waals surface area contributed by atoms with Gasteiger partial charge in [0.25, 0.3) is 0 Å². The maximum Gasteiger partial charge on any atom is 0.230 e. The van der Waals surface area contributed by atoms with Crippen LogP contribution in [0.4, 0.5) is 0 Å². The molecule has 0 bridgehead atoms. The van der Waals surface area contributed by atoms with Crippen LogP contribution in [0.1, 0.15) is 122 Å². The van der Waals surface area contributed by atoms with Crippen LogP contribution in [-0.4, -0.2) is 81.3 Å². The Balaban J connectivity index is 1.68. The van der Waals surface area contributed by atoms with Gasteiger partial charge in [-0.3, -0.25) is 30.0 Å². The van der Waals surface area contributed by atoms with Gasteiger partial charge in [-0.05, 0) is 124 Å². The highest BCUT2D eigenvalue weighted by molar-refractivity contribution is 5.86. The maximum absolute atomic E-state index is 6.50. The fourth-order valence-electron chi connectivity index (χ4n) is 7.80. The van der Waals surface area contributed by atoms with Gasteiger partial charge in [-0.1, -0.05) is 25.0 Å². The van der Waals surface area contributed by atoms with Gasteiger partial charge in [0.15, 0.2) is 23.8 Å². The van der Waals surface area contributed by atoms with Crippen molar-refractivity contribution in [3.05, 3.63) is 57.6 Å². The summed E-state index contributed by atoms with van der Waals surface area (Å²) in [5.41, 5.74) is 51.0. The van der Waals surface area contributed by atoms with E-state index in [0.29, 0.717) is 26.2 Å². The standard InChI is InChI=1S/C41H66N14O2/c1-26-19-30(28(9-5-15-50-38(42)43)10-6-16-51-39(44)45)21-32-23-54-34-13-3-4-14-35(34)55-24-33-22-31(20-27(2)37(33)57-25-56-36(26)32)29(11-7-17-52-40(46)47)12-8-18-53-41(48)49/h19-24,28-29,34-35H,3-18,25H2,1-2H3,(H4,42,43,50)(H4,44,45,51)(H4,46,47,52)(H4,48,49,53). The summed E-state index contributed by atoms with van der Waals surface area (Å²) < 4.78 is 13.0. The van der Waals surface area contributed by atoms with Crippen LogP contribution >= 0.6 is 0 Å². The van der Waals surface area contributed by atoms with Gasteiger partial charge in [0.1, 0.15) is 11.5 Å². The molecule has 4 rings (SSSR count). The van der Waals surface area contributed by atoms with E-state index in [1.165, 1.54) is 11.1 Å². The maximum atomic E-state index is 6.50. The first-order chi connectivity index (χ1) is 27.4. The Morgan fingerprint density at radius 3 is 1.21 bits per heavy atom. The van der Waals surface area contributed by atoms with Crippen molar-refractivity contribution < 1.29 is 9.47 Å². The summed E-state index contributed by atoms with van der Waals surface area (Å²) in [6.07, 6.45) is 15.0. The van der Waals surface area contributed by atoms with Crippen LogP contribution in [0, 0.1) is 13.8 Å². The summed E-state index contributed by atoms with van der Waals surface area (Å²) in [6, 6.07) is 8.88. The van der Waals surface area contributed by atoms with Crippen LogP contribution in [0.15, 0.2) is 54.2 Å². The van der Waals surface area contributed by atoms with Crippen molar-refractivity contribution in [1.82, 2.24) is 0 Å². The zero-order valence-electron chi connectivity index (χ0n) is 33.9. The van der Waals surface area contributed by atoms with Crippen LogP contribution < -0.4 is 55.3 Å². The molecule has 16 nitrogen and oxygen atoms in total. The summed E-state index contributed by atoms with van der Waals surface area (Å²) in [7, 11) is 0. The van der Waals surface area contributed by atoms with E-state index in [-0.39, 0.29) is 54.6 Å². The quantitative estimate of drug-likeness (QED) is 0.0620. The molecular formula is C41H66N14O2. The molecule has 16 heteroatoms. The number of aryl methyl sites for hydroxylation is 2. The normalized spacial score (nSPS) is 16.4. The number of rotatable bonds is 18. The monoisotopic (exact) mass is 787 g/mol. The topological polar surface area (TPSA) is 301 Å². The number of nitrogens with two attached hydrogens (primary N) is 8. The SMILES string of the molecule is Cc1cc(C(CCCN=C(N)N)CCCN=C(N)N)cc2c1OCOc1c(C)cc(C(CCCN=C(N)N)CCCN=C(N)N)cc1C=NC1CCCCC1N=C2. The molecule has 0 radical (unpaired) electrons. The lowest BCUT2D eigenvalue weighted by Crippen LogP contribution is -2.27. The zero-order valence-corrected chi connectivity index (χ0v) is 33.9. The Bertz CT molecular complexity index is 1600. The van der Waals surface area contributed by atoms with Crippen molar-refractivity contribution in [2.24, 2.45) is 75.8 Å². The van der Waals surface area contributed by atoms with Crippen LogP contribution in [0.25, 0.3) is 0 Å². The molecule has 2 unspecified atom stereocenters. The molecule has 1 aliphatic heterocycles. The third-order valence-electron chi connectivity index (χ3n) is 10.5. The van der Waals surface area contributed by atoms with E-state index >= 15 is 0 Å². The van der Waals surface area contributed by atoms with E-state index in [1.807, 2.05) is 12.4 Å². The van der Waals surface area contributed by atoms with Crippen LogP contribution in [0.3, 0.4) is 0 Å². The van der Waals surface area contributed by atoms with Gasteiger partial charge in [0.05, 0.1) is 12.1 Å². The van der Waals surface area contributed by atoms with E-state index in [9.17, 15) is 0 Å². The molecular weight excluding hydrogens is 721 g/mol. The summed E-state index contributed by atoms with van der Waals surface area (Å²) in [5, 5.41) is 0.